The molecule has 5 heteroatoms. The summed E-state index contributed by atoms with van der Waals surface area (Å²) in [4.78, 5) is 20.1. The number of nitriles is 1. The van der Waals surface area contributed by atoms with Crippen LogP contribution in [0.2, 0.25) is 0 Å². The molecule has 60 valence electrons. The minimum Gasteiger partial charge on any atom is -0.481 e. The van der Waals surface area contributed by atoms with Gasteiger partial charge in [-0.05, 0) is 6.42 Å². The summed E-state index contributed by atoms with van der Waals surface area (Å²) >= 11 is 0. The molecule has 0 spiro atoms. The Bertz CT molecular complexity index is 205. The quantitative estimate of drug-likeness (QED) is 0.601. The van der Waals surface area contributed by atoms with Crippen molar-refractivity contribution in [3.05, 3.63) is 0 Å². The van der Waals surface area contributed by atoms with Crippen molar-refractivity contribution in [2.75, 3.05) is 0 Å². The van der Waals surface area contributed by atoms with E-state index in [9.17, 15) is 9.59 Å². The maximum Gasteiger partial charge on any atom is 0.320 e. The molecule has 0 aliphatic heterocycles. The molecule has 2 N–H and O–H groups in total. The van der Waals surface area contributed by atoms with Crippen LogP contribution in [0.25, 0.3) is 0 Å². The molecule has 0 fully saturated rings. The van der Waals surface area contributed by atoms with Gasteiger partial charge in [0.2, 0.25) is 0 Å². The van der Waals surface area contributed by atoms with Gasteiger partial charge in [0.15, 0.2) is 0 Å². The molecule has 0 amide bonds. The first-order chi connectivity index (χ1) is 5.07. The number of hydrogen-bond donors (Lipinski definition) is 2. The molecule has 0 saturated heterocycles. The van der Waals surface area contributed by atoms with Crippen molar-refractivity contribution >= 4 is 11.9 Å². The Hall–Kier alpha value is -1.57. The molecule has 0 aromatic rings. The normalized spacial score (nSPS) is 11.5. The highest BCUT2D eigenvalue weighted by molar-refractivity contribution is 5.74. The third-order valence-electron chi connectivity index (χ3n) is 1.10. The molecule has 0 aliphatic carbocycles. The Morgan fingerprint density at radius 3 is 2.27 bits per heavy atom. The first kappa shape index (κ1) is 9.43. The van der Waals surface area contributed by atoms with Gasteiger partial charge in [0.25, 0.3) is 0 Å². The molecule has 1 unspecified atom stereocenters. The molecule has 0 aliphatic rings. The molecular weight excluding hydrogens is 150 g/mol. The molecule has 0 bridgehead atoms. The van der Waals surface area contributed by atoms with Gasteiger partial charge in [-0.2, -0.15) is 5.26 Å². The van der Waals surface area contributed by atoms with Crippen molar-refractivity contribution in [2.45, 2.75) is 12.8 Å². The smallest absolute Gasteiger partial charge is 0.320 e. The number of aliphatic carboxylic acids is 2. The van der Waals surface area contributed by atoms with E-state index in [1.807, 2.05) is 0 Å². The zero-order valence-electron chi connectivity index (χ0n) is 5.65. The van der Waals surface area contributed by atoms with Gasteiger partial charge in [0.1, 0.15) is 5.92 Å². The highest BCUT2D eigenvalue weighted by Crippen LogP contribution is 2.04. The lowest BCUT2D eigenvalue weighted by atomic mass is 10.1. The molecule has 0 saturated carbocycles. The zero-order valence-corrected chi connectivity index (χ0v) is 5.65. The number of carboxylic acids is 2. The molecule has 0 heterocycles. The molecule has 11 heavy (non-hydrogen) atoms. The maximum atomic E-state index is 10.1. The fraction of sp³-hybridized carbons (Fsp3) is 0.500. The van der Waals surface area contributed by atoms with Gasteiger partial charge in [-0.25, -0.2) is 0 Å². The largest absolute Gasteiger partial charge is 0.481 e. The predicted octanol–water partition coefficient (Wildman–Crippen LogP) is 0.0756. The molecule has 5 nitrogen and oxygen atoms in total. The van der Waals surface area contributed by atoms with Gasteiger partial charge < -0.3 is 10.2 Å². The molecule has 1 atom stereocenters. The molecule has 0 rings (SSSR count). The topological polar surface area (TPSA) is 98.4 Å². The fourth-order valence-corrected chi connectivity index (χ4v) is 0.511. The molecule has 0 radical (unpaired) electrons. The van der Waals surface area contributed by atoms with Crippen LogP contribution < -0.4 is 0 Å². The van der Waals surface area contributed by atoms with E-state index >= 15 is 0 Å². The van der Waals surface area contributed by atoms with Crippen LogP contribution in [0.3, 0.4) is 0 Å². The van der Waals surface area contributed by atoms with Gasteiger partial charge in [-0.3, -0.25) is 9.59 Å². The second kappa shape index (κ2) is 4.28. The highest BCUT2D eigenvalue weighted by atomic mass is 16.4. The van der Waals surface area contributed by atoms with E-state index in [1.54, 1.807) is 0 Å². The summed E-state index contributed by atoms with van der Waals surface area (Å²) in [6.07, 6.45) is -0.425. The fourth-order valence-electron chi connectivity index (χ4n) is 0.511. The monoisotopic (exact) mass is 157 g/mol. The summed E-state index contributed by atoms with van der Waals surface area (Å²) in [6, 6.07) is 1.49. The summed E-state index contributed by atoms with van der Waals surface area (Å²) in [5.74, 6) is -3.56. The second-order valence-corrected chi connectivity index (χ2v) is 1.95. The first-order valence-corrected chi connectivity index (χ1v) is 2.92. The van der Waals surface area contributed by atoms with E-state index in [0.717, 1.165) is 0 Å². The van der Waals surface area contributed by atoms with Gasteiger partial charge in [0, 0.05) is 6.42 Å². The summed E-state index contributed by atoms with van der Waals surface area (Å²) in [5, 5.41) is 24.6. The lowest BCUT2D eigenvalue weighted by Gasteiger charge is -1.98. The van der Waals surface area contributed by atoms with Crippen molar-refractivity contribution in [1.29, 1.82) is 5.26 Å². The minimum atomic E-state index is -1.27. The maximum absolute atomic E-state index is 10.1. The number of rotatable bonds is 4. The number of hydrogen-bond acceptors (Lipinski definition) is 3. The standard InChI is InChI=1S/C6H7NO4/c7-3-4(6(10)11)1-2-5(8)9/h4H,1-2H2,(H,8,9)(H,10,11). The van der Waals surface area contributed by atoms with Crippen molar-refractivity contribution in [1.82, 2.24) is 0 Å². The van der Waals surface area contributed by atoms with E-state index in [4.69, 9.17) is 15.5 Å². The Balaban J connectivity index is 3.82. The Kier molecular flexibility index (Phi) is 3.67. The lowest BCUT2D eigenvalue weighted by molar-refractivity contribution is -0.141. The van der Waals surface area contributed by atoms with Crippen LogP contribution in [0.5, 0.6) is 0 Å². The van der Waals surface area contributed by atoms with E-state index in [0.29, 0.717) is 0 Å². The molecule has 0 aromatic heterocycles. The van der Waals surface area contributed by atoms with Gasteiger partial charge in [-0.1, -0.05) is 0 Å². The van der Waals surface area contributed by atoms with Gasteiger partial charge in [-0.15, -0.1) is 0 Å². The SMILES string of the molecule is N#CC(CCC(=O)O)C(=O)O. The third-order valence-corrected chi connectivity index (χ3v) is 1.10. The Labute approximate surface area is 62.9 Å². The minimum absolute atomic E-state index is 0.138. The number of carbonyl (C=O) groups is 2. The van der Waals surface area contributed by atoms with E-state index in [-0.39, 0.29) is 12.8 Å². The van der Waals surface area contributed by atoms with Crippen molar-refractivity contribution in [3.8, 4) is 6.07 Å². The Morgan fingerprint density at radius 2 is 2.00 bits per heavy atom. The summed E-state index contributed by atoms with van der Waals surface area (Å²) < 4.78 is 0. The van der Waals surface area contributed by atoms with Crippen LogP contribution in [0.15, 0.2) is 0 Å². The molecular formula is C6H7NO4. The summed E-state index contributed by atoms with van der Waals surface area (Å²) in [7, 11) is 0. The summed E-state index contributed by atoms with van der Waals surface area (Å²) in [6.45, 7) is 0. The van der Waals surface area contributed by atoms with Crippen molar-refractivity contribution in [3.63, 3.8) is 0 Å². The highest BCUT2D eigenvalue weighted by Gasteiger charge is 2.16. The Morgan fingerprint density at radius 1 is 1.45 bits per heavy atom. The number of nitrogens with zero attached hydrogens (tertiary/aromatic N) is 1. The second-order valence-electron chi connectivity index (χ2n) is 1.95. The van der Waals surface area contributed by atoms with E-state index in [2.05, 4.69) is 0 Å². The first-order valence-electron chi connectivity index (χ1n) is 2.92. The van der Waals surface area contributed by atoms with E-state index < -0.39 is 17.9 Å². The van der Waals surface area contributed by atoms with Crippen LogP contribution in [0.1, 0.15) is 12.8 Å². The average Bonchev–Trinajstić information content (AvgIpc) is 1.87. The van der Waals surface area contributed by atoms with Crippen LogP contribution in [0.4, 0.5) is 0 Å². The number of carboxylic acid groups (broad SMARTS) is 2. The van der Waals surface area contributed by atoms with Crippen molar-refractivity contribution < 1.29 is 19.8 Å². The van der Waals surface area contributed by atoms with Gasteiger partial charge >= 0.3 is 11.9 Å². The van der Waals surface area contributed by atoms with Crippen LogP contribution in [-0.4, -0.2) is 22.2 Å². The third kappa shape index (κ3) is 3.92. The molecule has 0 aromatic carbocycles. The zero-order chi connectivity index (χ0) is 8.85. The predicted molar refractivity (Wildman–Crippen MR) is 33.6 cm³/mol. The van der Waals surface area contributed by atoms with Crippen LogP contribution in [-0.2, 0) is 9.59 Å². The van der Waals surface area contributed by atoms with Crippen LogP contribution in [0, 0.1) is 17.2 Å². The summed E-state index contributed by atoms with van der Waals surface area (Å²) in [5.41, 5.74) is 0. The average molecular weight is 157 g/mol. The van der Waals surface area contributed by atoms with Crippen LogP contribution >= 0.6 is 0 Å². The van der Waals surface area contributed by atoms with E-state index in [1.165, 1.54) is 6.07 Å². The van der Waals surface area contributed by atoms with Crippen molar-refractivity contribution in [2.24, 2.45) is 5.92 Å². The lowest BCUT2D eigenvalue weighted by Crippen LogP contribution is -2.12. The van der Waals surface area contributed by atoms with Gasteiger partial charge in [0.05, 0.1) is 6.07 Å².